The molecule has 1 aromatic rings. The van der Waals surface area contributed by atoms with Crippen LogP contribution in [0.2, 0.25) is 5.02 Å². The summed E-state index contributed by atoms with van der Waals surface area (Å²) in [5, 5.41) is 12.0. The number of aromatic nitrogens is 1. The lowest BCUT2D eigenvalue weighted by Gasteiger charge is -2.09. The Balaban J connectivity index is 2.47. The minimum Gasteiger partial charge on any atom is -0.379 e. The van der Waals surface area contributed by atoms with Crippen molar-refractivity contribution in [3.63, 3.8) is 0 Å². The molecule has 0 aliphatic heterocycles. The number of hydroxylamine groups is 1. The molecule has 0 aliphatic rings. The number of carbonyl (C=O) groups excluding carboxylic acids is 1. The summed E-state index contributed by atoms with van der Waals surface area (Å²) in [6, 6.07) is 1.68. The van der Waals surface area contributed by atoms with Gasteiger partial charge >= 0.3 is 0 Å². The summed E-state index contributed by atoms with van der Waals surface area (Å²) in [5.41, 5.74) is 2.17. The SMILES string of the molecule is CC(C)OCCCNc1ncc(/C=C/C(=O)NO)cc1Cl. The molecule has 0 fully saturated rings. The quantitative estimate of drug-likeness (QED) is 0.297. The van der Waals surface area contributed by atoms with Crippen LogP contribution in [0.3, 0.4) is 0 Å². The molecule has 7 heteroatoms. The van der Waals surface area contributed by atoms with Gasteiger partial charge in [-0.1, -0.05) is 11.6 Å². The van der Waals surface area contributed by atoms with Crippen molar-refractivity contribution in [2.24, 2.45) is 0 Å². The Labute approximate surface area is 129 Å². The molecule has 1 heterocycles. The van der Waals surface area contributed by atoms with Crippen molar-refractivity contribution in [3.8, 4) is 0 Å². The number of hydrogen-bond donors (Lipinski definition) is 3. The lowest BCUT2D eigenvalue weighted by atomic mass is 10.2. The van der Waals surface area contributed by atoms with Crippen LogP contribution in [0.15, 0.2) is 18.3 Å². The van der Waals surface area contributed by atoms with Crippen LogP contribution in [0.5, 0.6) is 0 Å². The van der Waals surface area contributed by atoms with Crippen LogP contribution < -0.4 is 10.8 Å². The first-order valence-electron chi connectivity index (χ1n) is 6.66. The predicted octanol–water partition coefficient (Wildman–Crippen LogP) is 2.48. The van der Waals surface area contributed by atoms with Gasteiger partial charge in [-0.15, -0.1) is 0 Å². The van der Waals surface area contributed by atoms with Crippen LogP contribution in [0.4, 0.5) is 5.82 Å². The van der Waals surface area contributed by atoms with E-state index in [9.17, 15) is 4.79 Å². The number of nitrogens with zero attached hydrogens (tertiary/aromatic N) is 1. The van der Waals surface area contributed by atoms with Gasteiger partial charge in [0.1, 0.15) is 5.82 Å². The molecule has 0 unspecified atom stereocenters. The van der Waals surface area contributed by atoms with Gasteiger partial charge in [0.05, 0.1) is 11.1 Å². The number of ether oxygens (including phenoxy) is 1. The number of halogens is 1. The highest BCUT2D eigenvalue weighted by atomic mass is 35.5. The highest BCUT2D eigenvalue weighted by molar-refractivity contribution is 6.33. The van der Waals surface area contributed by atoms with Crippen molar-refractivity contribution < 1.29 is 14.7 Å². The number of hydrogen-bond acceptors (Lipinski definition) is 5. The highest BCUT2D eigenvalue weighted by Crippen LogP contribution is 2.20. The van der Waals surface area contributed by atoms with E-state index in [1.807, 2.05) is 13.8 Å². The summed E-state index contributed by atoms with van der Waals surface area (Å²) in [6.07, 6.45) is 5.36. The molecular formula is C14H20ClN3O3. The summed E-state index contributed by atoms with van der Waals surface area (Å²) in [6.45, 7) is 5.38. The monoisotopic (exact) mass is 313 g/mol. The Morgan fingerprint density at radius 1 is 1.57 bits per heavy atom. The molecule has 0 saturated carbocycles. The van der Waals surface area contributed by atoms with E-state index < -0.39 is 5.91 Å². The minimum absolute atomic E-state index is 0.230. The predicted molar refractivity (Wildman–Crippen MR) is 82.4 cm³/mol. The van der Waals surface area contributed by atoms with Crippen LogP contribution >= 0.6 is 11.6 Å². The molecular weight excluding hydrogens is 294 g/mol. The molecule has 0 aromatic carbocycles. The van der Waals surface area contributed by atoms with Gasteiger partial charge in [-0.25, -0.2) is 10.5 Å². The molecule has 0 atom stereocenters. The second kappa shape index (κ2) is 9.33. The first-order chi connectivity index (χ1) is 10.0. The molecule has 21 heavy (non-hydrogen) atoms. The lowest BCUT2D eigenvalue weighted by molar-refractivity contribution is -0.124. The van der Waals surface area contributed by atoms with E-state index in [4.69, 9.17) is 21.5 Å². The number of nitrogens with one attached hydrogen (secondary N) is 2. The largest absolute Gasteiger partial charge is 0.379 e. The third-order valence-electron chi connectivity index (χ3n) is 2.46. The molecule has 0 spiro atoms. The molecule has 0 bridgehead atoms. The fourth-order valence-electron chi connectivity index (χ4n) is 1.48. The number of anilines is 1. The fourth-order valence-corrected chi connectivity index (χ4v) is 1.72. The maximum absolute atomic E-state index is 10.9. The van der Waals surface area contributed by atoms with Gasteiger partial charge in [0.2, 0.25) is 0 Å². The molecule has 1 aromatic heterocycles. The number of amides is 1. The minimum atomic E-state index is -0.613. The van der Waals surface area contributed by atoms with E-state index in [1.54, 1.807) is 12.3 Å². The first kappa shape index (κ1) is 17.4. The zero-order chi connectivity index (χ0) is 15.7. The molecule has 1 rings (SSSR count). The van der Waals surface area contributed by atoms with E-state index in [2.05, 4.69) is 10.3 Å². The molecule has 0 saturated heterocycles. The van der Waals surface area contributed by atoms with Crippen LogP contribution in [0, 0.1) is 0 Å². The number of carbonyl (C=O) groups is 1. The normalized spacial score (nSPS) is 11.1. The molecule has 0 aliphatic carbocycles. The average molecular weight is 314 g/mol. The van der Waals surface area contributed by atoms with E-state index in [0.717, 1.165) is 6.42 Å². The van der Waals surface area contributed by atoms with Gasteiger partial charge < -0.3 is 10.1 Å². The van der Waals surface area contributed by atoms with Crippen LogP contribution in [0.25, 0.3) is 6.08 Å². The van der Waals surface area contributed by atoms with Gasteiger partial charge in [0.25, 0.3) is 5.91 Å². The van der Waals surface area contributed by atoms with E-state index in [1.165, 1.54) is 17.6 Å². The smallest absolute Gasteiger partial charge is 0.267 e. The Bertz CT molecular complexity index is 492. The Kier molecular flexibility index (Phi) is 7.74. The zero-order valence-corrected chi connectivity index (χ0v) is 12.9. The van der Waals surface area contributed by atoms with Crippen molar-refractivity contribution in [1.29, 1.82) is 0 Å². The maximum atomic E-state index is 10.9. The molecule has 6 nitrogen and oxygen atoms in total. The molecule has 1 amide bonds. The Morgan fingerprint density at radius 3 is 2.95 bits per heavy atom. The van der Waals surface area contributed by atoms with Crippen molar-refractivity contribution in [1.82, 2.24) is 10.5 Å². The lowest BCUT2D eigenvalue weighted by Crippen LogP contribution is -2.14. The summed E-state index contributed by atoms with van der Waals surface area (Å²) >= 11 is 6.10. The van der Waals surface area contributed by atoms with Crippen molar-refractivity contribution in [2.75, 3.05) is 18.5 Å². The second-order valence-corrected chi connectivity index (χ2v) is 5.02. The maximum Gasteiger partial charge on any atom is 0.267 e. The zero-order valence-electron chi connectivity index (χ0n) is 12.1. The summed E-state index contributed by atoms with van der Waals surface area (Å²) < 4.78 is 5.43. The van der Waals surface area contributed by atoms with Gasteiger partial charge in [0, 0.05) is 25.4 Å². The van der Waals surface area contributed by atoms with E-state index in [-0.39, 0.29) is 6.10 Å². The van der Waals surface area contributed by atoms with Gasteiger partial charge in [-0.2, -0.15) is 0 Å². The average Bonchev–Trinajstić information content (AvgIpc) is 2.45. The summed E-state index contributed by atoms with van der Waals surface area (Å²) in [5.74, 6) is -0.0246. The van der Waals surface area contributed by atoms with Crippen molar-refractivity contribution >= 4 is 29.4 Å². The summed E-state index contributed by atoms with van der Waals surface area (Å²) in [7, 11) is 0. The summed E-state index contributed by atoms with van der Waals surface area (Å²) in [4.78, 5) is 15.0. The third kappa shape index (κ3) is 7.08. The van der Waals surface area contributed by atoms with Gasteiger partial charge in [0.15, 0.2) is 0 Å². The van der Waals surface area contributed by atoms with Gasteiger partial charge in [-0.05, 0) is 38.0 Å². The Morgan fingerprint density at radius 2 is 2.33 bits per heavy atom. The van der Waals surface area contributed by atoms with Crippen LogP contribution in [-0.2, 0) is 9.53 Å². The van der Waals surface area contributed by atoms with Crippen molar-refractivity contribution in [2.45, 2.75) is 26.4 Å². The van der Waals surface area contributed by atoms with Crippen LogP contribution in [-0.4, -0.2) is 35.4 Å². The number of rotatable bonds is 8. The standard InChI is InChI=1S/C14H20ClN3O3/c1-10(2)21-7-3-6-16-14-12(15)8-11(9-17-14)4-5-13(19)18-20/h4-5,8-10,20H,3,6-7H2,1-2H3,(H,16,17)(H,18,19)/b5-4+. The first-order valence-corrected chi connectivity index (χ1v) is 7.04. The van der Waals surface area contributed by atoms with E-state index in [0.29, 0.717) is 29.6 Å². The molecule has 116 valence electrons. The fraction of sp³-hybridized carbons (Fsp3) is 0.429. The third-order valence-corrected chi connectivity index (χ3v) is 2.75. The Hall–Kier alpha value is -1.63. The van der Waals surface area contributed by atoms with Gasteiger partial charge in [-0.3, -0.25) is 10.0 Å². The highest BCUT2D eigenvalue weighted by Gasteiger charge is 2.02. The molecule has 3 N–H and O–H groups in total. The van der Waals surface area contributed by atoms with E-state index >= 15 is 0 Å². The van der Waals surface area contributed by atoms with Crippen molar-refractivity contribution in [3.05, 3.63) is 28.9 Å². The van der Waals surface area contributed by atoms with Crippen LogP contribution in [0.1, 0.15) is 25.8 Å². The number of pyridine rings is 1. The topological polar surface area (TPSA) is 83.5 Å². The molecule has 0 radical (unpaired) electrons. The second-order valence-electron chi connectivity index (χ2n) is 4.61.